The van der Waals surface area contributed by atoms with Crippen LogP contribution in [0.5, 0.6) is 0 Å². The Bertz CT molecular complexity index is 1210. The summed E-state index contributed by atoms with van der Waals surface area (Å²) in [5.41, 5.74) is 1.44. The van der Waals surface area contributed by atoms with E-state index in [0.29, 0.717) is 16.9 Å². The lowest BCUT2D eigenvalue weighted by Gasteiger charge is -2.35. The smallest absolute Gasteiger partial charge is 0.261 e. The fourth-order valence-corrected chi connectivity index (χ4v) is 4.44. The summed E-state index contributed by atoms with van der Waals surface area (Å²) < 4.78 is 17.2. The number of carbonyl (C=O) groups excluding carboxylic acids is 1. The number of benzene rings is 2. The molecule has 1 aliphatic heterocycles. The molecule has 0 bridgehead atoms. The number of carbonyl (C=O) groups is 1. The van der Waals surface area contributed by atoms with Crippen molar-refractivity contribution in [1.29, 1.82) is 0 Å². The average molecular weight is 435 g/mol. The first kappa shape index (κ1) is 20.7. The maximum absolute atomic E-state index is 15.2. The van der Waals surface area contributed by atoms with Crippen LogP contribution in [0.3, 0.4) is 0 Å². The van der Waals surface area contributed by atoms with Gasteiger partial charge in [-0.3, -0.25) is 9.59 Å². The van der Waals surface area contributed by atoms with Gasteiger partial charge in [-0.1, -0.05) is 25.1 Å². The van der Waals surface area contributed by atoms with E-state index in [9.17, 15) is 9.59 Å². The predicted octanol–water partition coefficient (Wildman–Crippen LogP) is 3.87. The number of amides is 1. The highest BCUT2D eigenvalue weighted by atomic mass is 19.1. The molecule has 1 saturated carbocycles. The second-order valence-corrected chi connectivity index (χ2v) is 8.57. The number of nitrogens with one attached hydrogen (secondary N) is 1. The molecule has 0 spiro atoms. The highest BCUT2D eigenvalue weighted by Gasteiger charge is 2.28. The van der Waals surface area contributed by atoms with Gasteiger partial charge in [-0.05, 0) is 43.7 Å². The van der Waals surface area contributed by atoms with Gasteiger partial charge < -0.3 is 19.7 Å². The van der Waals surface area contributed by atoms with E-state index in [2.05, 4.69) is 22.0 Å². The van der Waals surface area contributed by atoms with Gasteiger partial charge in [-0.25, -0.2) is 4.39 Å². The Morgan fingerprint density at radius 3 is 2.47 bits per heavy atom. The van der Waals surface area contributed by atoms with Crippen molar-refractivity contribution in [3.63, 3.8) is 0 Å². The summed E-state index contributed by atoms with van der Waals surface area (Å²) in [5, 5.41) is 3.03. The number of likely N-dealkylation sites (N-methyl/N-ethyl adjacent to an activating group) is 1. The number of rotatable bonds is 5. The average Bonchev–Trinajstić information content (AvgIpc) is 3.65. The molecule has 2 aromatic carbocycles. The fraction of sp³-hybridized carbons (Fsp3) is 0.360. The van der Waals surface area contributed by atoms with Crippen LogP contribution in [-0.2, 0) is 0 Å². The zero-order valence-electron chi connectivity index (χ0n) is 18.2. The molecule has 1 aliphatic carbocycles. The van der Waals surface area contributed by atoms with Crippen LogP contribution in [-0.4, -0.2) is 48.1 Å². The van der Waals surface area contributed by atoms with E-state index < -0.39 is 17.2 Å². The second kappa shape index (κ2) is 8.39. The Balaban J connectivity index is 1.55. The molecule has 7 heteroatoms. The molecular weight excluding hydrogens is 407 g/mol. The van der Waals surface area contributed by atoms with E-state index in [1.165, 1.54) is 6.07 Å². The van der Waals surface area contributed by atoms with Gasteiger partial charge in [0.1, 0.15) is 11.4 Å². The summed E-state index contributed by atoms with van der Waals surface area (Å²) in [4.78, 5) is 30.5. The van der Waals surface area contributed by atoms with Crippen molar-refractivity contribution in [1.82, 2.24) is 9.47 Å². The van der Waals surface area contributed by atoms with Crippen LogP contribution in [0.4, 0.5) is 15.8 Å². The van der Waals surface area contributed by atoms with Crippen molar-refractivity contribution in [2.24, 2.45) is 0 Å². The molecule has 2 fully saturated rings. The number of halogens is 1. The summed E-state index contributed by atoms with van der Waals surface area (Å²) in [6.45, 7) is 6.40. The molecule has 2 aliphatic rings. The number of hydrogen-bond donors (Lipinski definition) is 1. The second-order valence-electron chi connectivity index (χ2n) is 8.57. The number of pyridine rings is 1. The van der Waals surface area contributed by atoms with Gasteiger partial charge in [-0.2, -0.15) is 0 Å². The van der Waals surface area contributed by atoms with Crippen molar-refractivity contribution < 1.29 is 9.18 Å². The van der Waals surface area contributed by atoms with Crippen LogP contribution in [0.15, 0.2) is 53.5 Å². The van der Waals surface area contributed by atoms with Crippen LogP contribution < -0.4 is 15.6 Å². The summed E-state index contributed by atoms with van der Waals surface area (Å²) in [7, 11) is 0. The van der Waals surface area contributed by atoms with Crippen LogP contribution in [0, 0.1) is 5.82 Å². The number of aromatic nitrogens is 1. The van der Waals surface area contributed by atoms with E-state index >= 15 is 4.39 Å². The predicted molar refractivity (Wildman–Crippen MR) is 125 cm³/mol. The van der Waals surface area contributed by atoms with Crippen molar-refractivity contribution in [3.05, 3.63) is 70.3 Å². The summed E-state index contributed by atoms with van der Waals surface area (Å²) >= 11 is 0. The fourth-order valence-electron chi connectivity index (χ4n) is 4.44. The van der Waals surface area contributed by atoms with E-state index in [4.69, 9.17) is 0 Å². The minimum atomic E-state index is -0.474. The standard InChI is InChI=1S/C25H27FN4O2/c1-2-28-10-12-29(13-11-28)23-15-22-19(14-21(23)26)24(31)20(16-30(22)18-8-9-18)25(32)27-17-6-4-3-5-7-17/h3-7,14-16,18H,2,8-13H2,1H3,(H,27,32). The summed E-state index contributed by atoms with van der Waals surface area (Å²) in [6.07, 6.45) is 3.62. The molecule has 3 aromatic rings. The third kappa shape index (κ3) is 3.88. The molecule has 5 rings (SSSR count). The first-order valence-corrected chi connectivity index (χ1v) is 11.3. The number of anilines is 2. The number of nitrogens with zero attached hydrogens (tertiary/aromatic N) is 3. The first-order chi connectivity index (χ1) is 15.5. The Morgan fingerprint density at radius 2 is 1.81 bits per heavy atom. The number of piperazine rings is 1. The highest BCUT2D eigenvalue weighted by molar-refractivity contribution is 6.06. The normalized spacial score (nSPS) is 17.0. The van der Waals surface area contributed by atoms with Crippen molar-refractivity contribution in [2.45, 2.75) is 25.8 Å². The molecule has 166 valence electrons. The van der Waals surface area contributed by atoms with Gasteiger partial charge in [0.2, 0.25) is 5.43 Å². The zero-order valence-corrected chi connectivity index (χ0v) is 18.2. The molecule has 32 heavy (non-hydrogen) atoms. The minimum Gasteiger partial charge on any atom is -0.367 e. The topological polar surface area (TPSA) is 57.6 Å². The van der Waals surface area contributed by atoms with Gasteiger partial charge in [0.05, 0.1) is 11.2 Å². The molecule has 0 atom stereocenters. The van der Waals surface area contributed by atoms with Crippen molar-refractivity contribution >= 4 is 28.2 Å². The van der Waals surface area contributed by atoms with Crippen LogP contribution in [0.25, 0.3) is 10.9 Å². The molecular formula is C25H27FN4O2. The molecule has 6 nitrogen and oxygen atoms in total. The van der Waals surface area contributed by atoms with Gasteiger partial charge in [0.15, 0.2) is 0 Å². The lowest BCUT2D eigenvalue weighted by atomic mass is 10.1. The zero-order chi connectivity index (χ0) is 22.2. The van der Waals surface area contributed by atoms with Gasteiger partial charge >= 0.3 is 0 Å². The van der Waals surface area contributed by atoms with Gasteiger partial charge in [-0.15, -0.1) is 0 Å². The lowest BCUT2D eigenvalue weighted by molar-refractivity contribution is 0.102. The molecule has 0 unspecified atom stereocenters. The van der Waals surface area contributed by atoms with E-state index in [1.807, 2.05) is 22.8 Å². The Labute approximate surface area is 186 Å². The molecule has 1 aromatic heterocycles. The molecule has 0 radical (unpaired) electrons. The third-order valence-corrected chi connectivity index (χ3v) is 6.48. The molecule has 1 saturated heterocycles. The van der Waals surface area contributed by atoms with E-state index in [1.54, 1.807) is 24.4 Å². The maximum Gasteiger partial charge on any atom is 0.261 e. The molecule has 1 amide bonds. The third-order valence-electron chi connectivity index (χ3n) is 6.48. The van der Waals surface area contributed by atoms with Crippen LogP contribution in [0.2, 0.25) is 0 Å². The SMILES string of the molecule is CCN1CCN(c2cc3c(cc2F)c(=O)c(C(=O)Nc2ccccc2)cn3C2CC2)CC1. The van der Waals surface area contributed by atoms with Crippen molar-refractivity contribution in [3.8, 4) is 0 Å². The quantitative estimate of drug-likeness (QED) is 0.662. The highest BCUT2D eigenvalue weighted by Crippen LogP contribution is 2.38. The molecule has 2 heterocycles. The monoisotopic (exact) mass is 434 g/mol. The molecule has 1 N–H and O–H groups in total. The number of hydrogen-bond acceptors (Lipinski definition) is 4. The summed E-state index contributed by atoms with van der Waals surface area (Å²) in [6, 6.07) is 12.4. The van der Waals surface area contributed by atoms with Crippen LogP contribution in [0.1, 0.15) is 36.2 Å². The van der Waals surface area contributed by atoms with Crippen LogP contribution >= 0.6 is 0 Å². The number of fused-ring (bicyclic) bond motifs is 1. The Kier molecular flexibility index (Phi) is 5.43. The first-order valence-electron chi connectivity index (χ1n) is 11.3. The largest absolute Gasteiger partial charge is 0.367 e. The van der Waals surface area contributed by atoms with Crippen molar-refractivity contribution in [2.75, 3.05) is 42.9 Å². The maximum atomic E-state index is 15.2. The number of para-hydroxylation sites is 1. The van der Waals surface area contributed by atoms with Gasteiger partial charge in [0.25, 0.3) is 5.91 Å². The summed E-state index contributed by atoms with van der Waals surface area (Å²) in [5.74, 6) is -0.889. The van der Waals surface area contributed by atoms with Gasteiger partial charge in [0, 0.05) is 49.5 Å². The minimum absolute atomic E-state index is 0.0389. The Hall–Kier alpha value is -3.19. The van der Waals surface area contributed by atoms with E-state index in [-0.39, 0.29) is 17.0 Å². The van der Waals surface area contributed by atoms with E-state index in [0.717, 1.165) is 45.6 Å². The lowest BCUT2D eigenvalue weighted by Crippen LogP contribution is -2.46. The Morgan fingerprint density at radius 1 is 1.09 bits per heavy atom.